The molecule has 0 bridgehead atoms. The third-order valence-corrected chi connectivity index (χ3v) is 6.82. The molecule has 1 heterocycles. The van der Waals surface area contributed by atoms with Crippen molar-refractivity contribution in [2.45, 2.75) is 24.8 Å². The van der Waals surface area contributed by atoms with Gasteiger partial charge in [0.05, 0.1) is 17.3 Å². The number of nitrogens with zero attached hydrogens (tertiary/aromatic N) is 1. The molecule has 1 atom stereocenters. The zero-order chi connectivity index (χ0) is 20.5. The Hall–Kier alpha value is -2.82. The van der Waals surface area contributed by atoms with Crippen LogP contribution in [0.4, 0.5) is 11.4 Å². The van der Waals surface area contributed by atoms with Gasteiger partial charge in [-0.25, -0.2) is 4.98 Å². The van der Waals surface area contributed by atoms with Crippen LogP contribution in [-0.4, -0.2) is 11.0 Å². The Kier molecular flexibility index (Phi) is 5.19. The Morgan fingerprint density at radius 3 is 2.33 bits per heavy atom. The van der Waals surface area contributed by atoms with E-state index in [4.69, 9.17) is 17.3 Å². The highest BCUT2D eigenvalue weighted by molar-refractivity contribution is 7.09. The van der Waals surface area contributed by atoms with Crippen molar-refractivity contribution in [2.24, 2.45) is 0 Å². The Bertz CT molecular complexity index is 1130. The summed E-state index contributed by atoms with van der Waals surface area (Å²) in [6.45, 7) is 0. The molecule has 1 aliphatic rings. The zero-order valence-electron chi connectivity index (χ0n) is 16.4. The first-order valence-corrected chi connectivity index (χ1v) is 11.3. The lowest BCUT2D eigenvalue weighted by molar-refractivity contribution is 0.774. The molecule has 0 radical (unpaired) electrons. The molecule has 5 rings (SSSR count). The fraction of sp³-hybridized carbons (Fsp3) is 0.160. The Balaban J connectivity index is 1.47. The maximum Gasteiger partial charge on any atom is 0.104 e. The second-order valence-corrected chi connectivity index (χ2v) is 9.08. The van der Waals surface area contributed by atoms with Gasteiger partial charge >= 0.3 is 0 Å². The molecule has 0 amide bonds. The minimum atomic E-state index is 0.0455. The van der Waals surface area contributed by atoms with E-state index in [-0.39, 0.29) is 5.92 Å². The van der Waals surface area contributed by atoms with Crippen molar-refractivity contribution in [3.63, 3.8) is 0 Å². The number of thiazole rings is 1. The van der Waals surface area contributed by atoms with E-state index in [0.29, 0.717) is 6.04 Å². The first kappa shape index (κ1) is 19.2. The van der Waals surface area contributed by atoms with Crippen LogP contribution < -0.4 is 11.1 Å². The second-order valence-electron chi connectivity index (χ2n) is 7.72. The fourth-order valence-corrected chi connectivity index (χ4v) is 5.19. The minimum absolute atomic E-state index is 0.0455. The van der Waals surface area contributed by atoms with Crippen LogP contribution in [0.15, 0.2) is 78.3 Å². The normalized spacial score (nSPS) is 14.4. The maximum absolute atomic E-state index is 6.36. The minimum Gasteiger partial charge on any atom is -0.397 e. The first-order chi connectivity index (χ1) is 14.7. The number of nitrogens with one attached hydrogen (secondary N) is 1. The summed E-state index contributed by atoms with van der Waals surface area (Å²) in [4.78, 5) is 4.61. The van der Waals surface area contributed by atoms with Crippen molar-refractivity contribution in [2.75, 3.05) is 11.1 Å². The third-order valence-electron chi connectivity index (χ3n) is 5.72. The molecular formula is C25H22ClN3S. The molecule has 0 spiro atoms. The van der Waals surface area contributed by atoms with Crippen LogP contribution in [0.3, 0.4) is 0 Å². The molecule has 3 aromatic carbocycles. The van der Waals surface area contributed by atoms with Gasteiger partial charge in [-0.2, -0.15) is 0 Å². The average molecular weight is 432 g/mol. The quantitative estimate of drug-likeness (QED) is 0.373. The Morgan fingerprint density at radius 1 is 0.967 bits per heavy atom. The predicted octanol–water partition coefficient (Wildman–Crippen LogP) is 6.14. The van der Waals surface area contributed by atoms with Gasteiger partial charge in [-0.3, -0.25) is 0 Å². The van der Waals surface area contributed by atoms with Gasteiger partial charge in [0.15, 0.2) is 0 Å². The van der Waals surface area contributed by atoms with Gasteiger partial charge in [-0.1, -0.05) is 54.1 Å². The van der Waals surface area contributed by atoms with E-state index in [0.717, 1.165) is 34.2 Å². The number of anilines is 2. The lowest BCUT2D eigenvalue weighted by Gasteiger charge is -2.20. The molecule has 0 saturated heterocycles. The summed E-state index contributed by atoms with van der Waals surface area (Å²) in [5.74, 6) is 0.0455. The standard InChI is InChI=1S/C25H22ClN3S/c26-20-8-5-16(6-9-20)24(25-28-11-12-30-25)19-7-10-22(27)23(15-19)29-21-13-17-3-1-2-4-18(17)14-21/h1-12,15,21,24,29H,13-14,27H2. The van der Waals surface area contributed by atoms with E-state index in [1.54, 1.807) is 11.3 Å². The SMILES string of the molecule is Nc1ccc(C(c2ccc(Cl)cc2)c2nccs2)cc1NC1Cc2ccccc2C1. The Morgan fingerprint density at radius 2 is 1.67 bits per heavy atom. The van der Waals surface area contributed by atoms with Crippen LogP contribution in [0.1, 0.15) is 33.2 Å². The van der Waals surface area contributed by atoms with Crippen molar-refractivity contribution >= 4 is 34.3 Å². The largest absolute Gasteiger partial charge is 0.397 e. The highest BCUT2D eigenvalue weighted by Crippen LogP contribution is 2.37. The smallest absolute Gasteiger partial charge is 0.104 e. The number of nitrogen functional groups attached to an aromatic ring is 1. The van der Waals surface area contributed by atoms with Crippen molar-refractivity contribution in [1.82, 2.24) is 4.98 Å². The molecule has 0 aliphatic heterocycles. The van der Waals surface area contributed by atoms with E-state index in [9.17, 15) is 0 Å². The highest BCUT2D eigenvalue weighted by atomic mass is 35.5. The number of hydrogen-bond acceptors (Lipinski definition) is 4. The summed E-state index contributed by atoms with van der Waals surface area (Å²) in [5.41, 5.74) is 13.3. The van der Waals surface area contributed by atoms with Crippen LogP contribution in [0.2, 0.25) is 5.02 Å². The molecule has 150 valence electrons. The molecule has 30 heavy (non-hydrogen) atoms. The molecular weight excluding hydrogens is 410 g/mol. The topological polar surface area (TPSA) is 50.9 Å². The molecule has 5 heteroatoms. The number of benzene rings is 3. The van der Waals surface area contributed by atoms with E-state index in [1.165, 1.54) is 22.3 Å². The maximum atomic E-state index is 6.36. The van der Waals surface area contributed by atoms with Gasteiger partial charge in [0.1, 0.15) is 5.01 Å². The van der Waals surface area contributed by atoms with Crippen LogP contribution >= 0.6 is 22.9 Å². The van der Waals surface area contributed by atoms with Crippen LogP contribution in [0, 0.1) is 0 Å². The monoisotopic (exact) mass is 431 g/mol. The van der Waals surface area contributed by atoms with Crippen molar-refractivity contribution < 1.29 is 0 Å². The summed E-state index contributed by atoms with van der Waals surface area (Å²) in [7, 11) is 0. The van der Waals surface area contributed by atoms with Crippen molar-refractivity contribution in [3.05, 3.63) is 111 Å². The van der Waals surface area contributed by atoms with Gasteiger partial charge in [-0.05, 0) is 59.4 Å². The molecule has 0 saturated carbocycles. The van der Waals surface area contributed by atoms with E-state index < -0.39 is 0 Å². The highest BCUT2D eigenvalue weighted by Gasteiger charge is 2.23. The van der Waals surface area contributed by atoms with Gasteiger partial charge in [0.25, 0.3) is 0 Å². The summed E-state index contributed by atoms with van der Waals surface area (Å²) >= 11 is 7.79. The lowest BCUT2D eigenvalue weighted by atomic mass is 9.91. The number of rotatable bonds is 5. The second kappa shape index (κ2) is 8.13. The fourth-order valence-electron chi connectivity index (χ4n) is 4.27. The predicted molar refractivity (Wildman–Crippen MR) is 127 cm³/mol. The number of nitrogens with two attached hydrogens (primary N) is 1. The van der Waals surface area contributed by atoms with Gasteiger partial charge in [0.2, 0.25) is 0 Å². The van der Waals surface area contributed by atoms with Crippen molar-refractivity contribution in [3.8, 4) is 0 Å². The number of aromatic nitrogens is 1. The summed E-state index contributed by atoms with van der Waals surface area (Å²) in [5, 5.41) is 7.50. The van der Waals surface area contributed by atoms with E-state index >= 15 is 0 Å². The Labute approximate surface area is 185 Å². The van der Waals surface area contributed by atoms with Gasteiger partial charge in [0, 0.05) is 22.6 Å². The van der Waals surface area contributed by atoms with Gasteiger partial charge < -0.3 is 11.1 Å². The van der Waals surface area contributed by atoms with Crippen LogP contribution in [0.25, 0.3) is 0 Å². The average Bonchev–Trinajstić information content (AvgIpc) is 3.41. The number of fused-ring (bicyclic) bond motifs is 1. The third kappa shape index (κ3) is 3.81. The van der Waals surface area contributed by atoms with Crippen LogP contribution in [0.5, 0.6) is 0 Å². The summed E-state index contributed by atoms with van der Waals surface area (Å²) in [6.07, 6.45) is 3.90. The molecule has 3 N–H and O–H groups in total. The van der Waals surface area contributed by atoms with E-state index in [2.05, 4.69) is 58.8 Å². The molecule has 4 aromatic rings. The van der Waals surface area contributed by atoms with Gasteiger partial charge in [-0.15, -0.1) is 11.3 Å². The van der Waals surface area contributed by atoms with Crippen LogP contribution in [-0.2, 0) is 12.8 Å². The first-order valence-electron chi connectivity index (χ1n) is 10.0. The molecule has 1 aromatic heterocycles. The molecule has 1 unspecified atom stereocenters. The lowest BCUT2D eigenvalue weighted by Crippen LogP contribution is -2.20. The number of hydrogen-bond donors (Lipinski definition) is 2. The number of halogens is 1. The van der Waals surface area contributed by atoms with Crippen molar-refractivity contribution in [1.29, 1.82) is 0 Å². The molecule has 3 nitrogen and oxygen atoms in total. The summed E-state index contributed by atoms with van der Waals surface area (Å²) in [6, 6.07) is 23.3. The summed E-state index contributed by atoms with van der Waals surface area (Å²) < 4.78 is 0. The zero-order valence-corrected chi connectivity index (χ0v) is 18.0. The van der Waals surface area contributed by atoms with E-state index in [1.807, 2.05) is 29.8 Å². The molecule has 0 fully saturated rings. The molecule has 1 aliphatic carbocycles.